The summed E-state index contributed by atoms with van der Waals surface area (Å²) in [6.07, 6.45) is 2.92. The molecule has 3 rings (SSSR count). The summed E-state index contributed by atoms with van der Waals surface area (Å²) in [7, 11) is 0. The Labute approximate surface area is 102 Å². The molecule has 0 spiro atoms. The molecule has 2 nitrogen and oxygen atoms in total. The van der Waals surface area contributed by atoms with Gasteiger partial charge in [-0.2, -0.15) is 0 Å². The third kappa shape index (κ3) is 1.91. The Hall–Kier alpha value is -1.83. The average molecular weight is 224 g/mol. The minimum Gasteiger partial charge on any atom is -0.376 e. The molecular formula is C15H16N2. The monoisotopic (exact) mass is 224 g/mol. The third-order valence-electron chi connectivity index (χ3n) is 3.44. The molecule has 0 bridgehead atoms. The van der Waals surface area contributed by atoms with Crippen molar-refractivity contribution in [3.8, 4) is 0 Å². The Morgan fingerprint density at radius 2 is 1.94 bits per heavy atom. The number of pyridine rings is 1. The van der Waals surface area contributed by atoms with Gasteiger partial charge in [0.25, 0.3) is 0 Å². The number of anilines is 1. The predicted molar refractivity (Wildman–Crippen MR) is 69.9 cm³/mol. The predicted octanol–water partition coefficient (Wildman–Crippen LogP) is 3.43. The maximum atomic E-state index is 4.44. The van der Waals surface area contributed by atoms with E-state index in [1.54, 1.807) is 0 Å². The highest BCUT2D eigenvalue weighted by Crippen LogP contribution is 2.35. The minimum atomic E-state index is 0.396. The Morgan fingerprint density at radius 3 is 2.76 bits per heavy atom. The van der Waals surface area contributed by atoms with Crippen molar-refractivity contribution >= 4 is 5.69 Å². The average Bonchev–Trinajstić information content (AvgIpc) is 2.39. The van der Waals surface area contributed by atoms with Crippen molar-refractivity contribution in [3.63, 3.8) is 0 Å². The van der Waals surface area contributed by atoms with Crippen molar-refractivity contribution in [2.45, 2.75) is 19.4 Å². The molecule has 0 saturated carbocycles. The number of nitrogens with zero attached hydrogens (tertiary/aromatic N) is 1. The van der Waals surface area contributed by atoms with Gasteiger partial charge in [0.2, 0.25) is 0 Å². The van der Waals surface area contributed by atoms with Crippen LogP contribution in [-0.2, 0) is 6.42 Å². The lowest BCUT2D eigenvalue weighted by molar-refractivity contribution is 0.472. The molecule has 1 aromatic heterocycles. The van der Waals surface area contributed by atoms with E-state index in [0.29, 0.717) is 12.0 Å². The Bertz CT molecular complexity index is 507. The second-order valence-corrected chi connectivity index (χ2v) is 4.71. The Kier molecular flexibility index (Phi) is 2.56. The molecular weight excluding hydrogens is 208 g/mol. The van der Waals surface area contributed by atoms with Crippen LogP contribution in [0.25, 0.3) is 0 Å². The van der Waals surface area contributed by atoms with Crippen molar-refractivity contribution in [1.82, 2.24) is 4.98 Å². The molecule has 0 fully saturated rings. The van der Waals surface area contributed by atoms with Gasteiger partial charge in [-0.05, 0) is 30.0 Å². The highest BCUT2D eigenvalue weighted by Gasteiger charge is 2.26. The van der Waals surface area contributed by atoms with Crippen LogP contribution in [0.2, 0.25) is 0 Å². The molecule has 1 N–H and O–H groups in total. The first kappa shape index (κ1) is 10.3. The van der Waals surface area contributed by atoms with E-state index in [1.165, 1.54) is 16.9 Å². The van der Waals surface area contributed by atoms with Crippen LogP contribution in [0.5, 0.6) is 0 Å². The molecule has 0 amide bonds. The summed E-state index contributed by atoms with van der Waals surface area (Å²) in [4.78, 5) is 4.44. The zero-order chi connectivity index (χ0) is 11.7. The first-order valence-corrected chi connectivity index (χ1v) is 6.10. The fourth-order valence-corrected chi connectivity index (χ4v) is 2.54. The van der Waals surface area contributed by atoms with E-state index >= 15 is 0 Å². The van der Waals surface area contributed by atoms with Gasteiger partial charge in [-0.15, -0.1) is 0 Å². The van der Waals surface area contributed by atoms with Gasteiger partial charge >= 0.3 is 0 Å². The standard InChI is InChI=1S/C15H16N2/c1-11-10-14-13(8-5-9-16-14)17-15(11)12-6-3-2-4-7-12/h2-9,11,15,17H,10H2,1H3/t11-,15-/m1/s1. The molecule has 1 aromatic carbocycles. The molecule has 2 heteroatoms. The summed E-state index contributed by atoms with van der Waals surface area (Å²) in [6, 6.07) is 15.1. The van der Waals surface area contributed by atoms with Crippen LogP contribution in [0.15, 0.2) is 48.7 Å². The number of aromatic nitrogens is 1. The summed E-state index contributed by atoms with van der Waals surface area (Å²) in [6.45, 7) is 2.28. The van der Waals surface area contributed by atoms with Crippen molar-refractivity contribution in [2.75, 3.05) is 5.32 Å². The number of nitrogens with one attached hydrogen (secondary N) is 1. The quantitative estimate of drug-likeness (QED) is 0.802. The second-order valence-electron chi connectivity index (χ2n) is 4.71. The molecule has 0 unspecified atom stereocenters. The first-order valence-electron chi connectivity index (χ1n) is 6.10. The zero-order valence-electron chi connectivity index (χ0n) is 9.93. The highest BCUT2D eigenvalue weighted by atomic mass is 15.0. The van der Waals surface area contributed by atoms with Gasteiger partial charge in [0.05, 0.1) is 17.4 Å². The molecule has 2 heterocycles. The molecule has 1 aliphatic heterocycles. The first-order chi connectivity index (χ1) is 8.34. The summed E-state index contributed by atoms with van der Waals surface area (Å²) < 4.78 is 0. The fourth-order valence-electron chi connectivity index (χ4n) is 2.54. The summed E-state index contributed by atoms with van der Waals surface area (Å²) in [5.41, 5.74) is 3.72. The van der Waals surface area contributed by atoms with Gasteiger partial charge in [-0.3, -0.25) is 4.98 Å². The lowest BCUT2D eigenvalue weighted by atomic mass is 9.87. The van der Waals surface area contributed by atoms with Crippen LogP contribution in [0.1, 0.15) is 24.2 Å². The van der Waals surface area contributed by atoms with E-state index in [1.807, 2.05) is 12.3 Å². The van der Waals surface area contributed by atoms with Crippen LogP contribution in [0.4, 0.5) is 5.69 Å². The minimum absolute atomic E-state index is 0.396. The van der Waals surface area contributed by atoms with Crippen LogP contribution in [0, 0.1) is 5.92 Å². The normalized spacial score (nSPS) is 22.6. The number of benzene rings is 1. The summed E-state index contributed by atoms with van der Waals surface area (Å²) in [5.74, 6) is 0.569. The molecule has 2 atom stereocenters. The SMILES string of the molecule is C[C@@H]1Cc2ncccc2N[C@H]1c1ccccc1. The van der Waals surface area contributed by atoms with E-state index in [4.69, 9.17) is 0 Å². The number of rotatable bonds is 1. The van der Waals surface area contributed by atoms with Crippen LogP contribution in [0.3, 0.4) is 0 Å². The van der Waals surface area contributed by atoms with E-state index in [2.05, 4.69) is 53.6 Å². The lowest BCUT2D eigenvalue weighted by Crippen LogP contribution is -2.26. The van der Waals surface area contributed by atoms with Crippen molar-refractivity contribution in [2.24, 2.45) is 5.92 Å². The van der Waals surface area contributed by atoms with E-state index in [9.17, 15) is 0 Å². The molecule has 17 heavy (non-hydrogen) atoms. The van der Waals surface area contributed by atoms with Crippen LogP contribution in [-0.4, -0.2) is 4.98 Å². The van der Waals surface area contributed by atoms with Crippen molar-refractivity contribution in [3.05, 3.63) is 59.9 Å². The van der Waals surface area contributed by atoms with Crippen LogP contribution < -0.4 is 5.32 Å². The Morgan fingerprint density at radius 1 is 1.12 bits per heavy atom. The number of hydrogen-bond donors (Lipinski definition) is 1. The van der Waals surface area contributed by atoms with Gasteiger partial charge in [0.15, 0.2) is 0 Å². The number of hydrogen-bond acceptors (Lipinski definition) is 2. The zero-order valence-corrected chi connectivity index (χ0v) is 9.93. The van der Waals surface area contributed by atoms with Crippen LogP contribution >= 0.6 is 0 Å². The molecule has 0 saturated heterocycles. The van der Waals surface area contributed by atoms with Crippen molar-refractivity contribution in [1.29, 1.82) is 0 Å². The van der Waals surface area contributed by atoms with Gasteiger partial charge < -0.3 is 5.32 Å². The van der Waals surface area contributed by atoms with Gasteiger partial charge in [-0.25, -0.2) is 0 Å². The maximum Gasteiger partial charge on any atom is 0.0638 e. The highest BCUT2D eigenvalue weighted by molar-refractivity contribution is 5.52. The van der Waals surface area contributed by atoms with E-state index in [-0.39, 0.29) is 0 Å². The maximum absolute atomic E-state index is 4.44. The second kappa shape index (κ2) is 4.21. The molecule has 0 radical (unpaired) electrons. The third-order valence-corrected chi connectivity index (χ3v) is 3.44. The molecule has 86 valence electrons. The summed E-state index contributed by atoms with van der Waals surface area (Å²) >= 11 is 0. The van der Waals surface area contributed by atoms with Gasteiger partial charge in [0.1, 0.15) is 0 Å². The molecule has 2 aromatic rings. The Balaban J connectivity index is 1.95. The van der Waals surface area contributed by atoms with Gasteiger partial charge in [0, 0.05) is 6.20 Å². The van der Waals surface area contributed by atoms with Gasteiger partial charge in [-0.1, -0.05) is 37.3 Å². The molecule has 0 aliphatic carbocycles. The lowest BCUT2D eigenvalue weighted by Gasteiger charge is -2.32. The topological polar surface area (TPSA) is 24.9 Å². The van der Waals surface area contributed by atoms with E-state index < -0.39 is 0 Å². The smallest absolute Gasteiger partial charge is 0.0638 e. The molecule has 1 aliphatic rings. The van der Waals surface area contributed by atoms with E-state index in [0.717, 1.165) is 6.42 Å². The fraction of sp³-hybridized carbons (Fsp3) is 0.267. The number of fused-ring (bicyclic) bond motifs is 1. The van der Waals surface area contributed by atoms with Crippen molar-refractivity contribution < 1.29 is 0 Å². The summed E-state index contributed by atoms with van der Waals surface area (Å²) in [5, 5.41) is 3.60. The largest absolute Gasteiger partial charge is 0.376 e.